The Kier molecular flexibility index (Phi) is 11.9. The summed E-state index contributed by atoms with van der Waals surface area (Å²) in [7, 11) is -4.00. The summed E-state index contributed by atoms with van der Waals surface area (Å²) >= 11 is 0. The highest BCUT2D eigenvalue weighted by Gasteiger charge is 2.37. The number of aliphatic hydroxyl groups is 1. The molecule has 4 N–H and O–H groups in total. The summed E-state index contributed by atoms with van der Waals surface area (Å²) in [6.45, 7) is 10.5. The van der Waals surface area contributed by atoms with Gasteiger partial charge in [-0.3, -0.25) is 14.4 Å². The minimum atomic E-state index is -4.00. The van der Waals surface area contributed by atoms with Crippen LogP contribution in [0, 0.1) is 11.3 Å². The van der Waals surface area contributed by atoms with E-state index in [-0.39, 0.29) is 42.8 Å². The average molecular weight is 631 g/mol. The molecule has 0 saturated heterocycles. The van der Waals surface area contributed by atoms with Crippen LogP contribution in [-0.2, 0) is 37.2 Å². The standard InChI is InChI=1S/C32H46N4O7S/c1-21(2)19-36(44(41,42)25-12-13-28-24(17-25)14-15-43-28)20-27(38)26(16-23-10-8-7-9-11-23)34-31(40)30(32(4,5)6)35-29(39)18-33-22(3)37/h7-13,17,21,26-27,30,38H,14-16,18-20H2,1-6H3,(H,33,37)(H,34,40)(H,35,39). The molecular formula is C32H46N4O7S. The molecule has 1 heterocycles. The van der Waals surface area contributed by atoms with E-state index in [1.54, 1.807) is 32.9 Å². The van der Waals surface area contributed by atoms with Gasteiger partial charge in [-0.1, -0.05) is 65.0 Å². The molecule has 2 aromatic carbocycles. The molecule has 0 aliphatic carbocycles. The Morgan fingerprint density at radius 1 is 1.02 bits per heavy atom. The van der Waals surface area contributed by atoms with E-state index in [0.717, 1.165) is 11.1 Å². The van der Waals surface area contributed by atoms with E-state index in [2.05, 4.69) is 16.0 Å². The van der Waals surface area contributed by atoms with Crippen LogP contribution in [0.3, 0.4) is 0 Å². The zero-order valence-electron chi connectivity index (χ0n) is 26.4. The third-order valence-electron chi connectivity index (χ3n) is 7.28. The number of nitrogens with one attached hydrogen (secondary N) is 3. The molecule has 242 valence electrons. The van der Waals surface area contributed by atoms with Crippen LogP contribution in [0.5, 0.6) is 5.75 Å². The fourth-order valence-corrected chi connectivity index (χ4v) is 6.67. The third-order valence-corrected chi connectivity index (χ3v) is 9.11. The molecule has 44 heavy (non-hydrogen) atoms. The number of aliphatic hydroxyl groups excluding tert-OH is 1. The smallest absolute Gasteiger partial charge is 0.243 e. The van der Waals surface area contributed by atoms with Gasteiger partial charge in [0.05, 0.1) is 30.2 Å². The first-order chi connectivity index (χ1) is 20.6. The van der Waals surface area contributed by atoms with Crippen LogP contribution in [0.25, 0.3) is 0 Å². The van der Waals surface area contributed by atoms with Crippen molar-refractivity contribution in [3.8, 4) is 5.75 Å². The Labute approximate surface area is 260 Å². The van der Waals surface area contributed by atoms with Gasteiger partial charge in [0.1, 0.15) is 11.8 Å². The van der Waals surface area contributed by atoms with Gasteiger partial charge in [-0.15, -0.1) is 0 Å². The maximum atomic E-state index is 13.9. The summed E-state index contributed by atoms with van der Waals surface area (Å²) in [4.78, 5) is 37.6. The minimum Gasteiger partial charge on any atom is -0.493 e. The second kappa shape index (κ2) is 15.0. The first kappa shape index (κ1) is 35.0. The second-order valence-corrected chi connectivity index (χ2v) is 14.7. The number of amides is 3. The summed E-state index contributed by atoms with van der Waals surface area (Å²) in [5.74, 6) is -0.824. The fourth-order valence-electron chi connectivity index (χ4n) is 5.00. The van der Waals surface area contributed by atoms with Gasteiger partial charge in [0, 0.05) is 26.4 Å². The molecule has 2 aromatic rings. The van der Waals surface area contributed by atoms with Crippen LogP contribution in [0.2, 0.25) is 0 Å². The summed E-state index contributed by atoms with van der Waals surface area (Å²) < 4.78 is 34.6. The maximum Gasteiger partial charge on any atom is 0.243 e. The number of nitrogens with zero attached hydrogens (tertiary/aromatic N) is 1. The van der Waals surface area contributed by atoms with Crippen LogP contribution >= 0.6 is 0 Å². The van der Waals surface area contributed by atoms with Gasteiger partial charge in [0.15, 0.2) is 0 Å². The lowest BCUT2D eigenvalue weighted by Crippen LogP contribution is -2.59. The fraction of sp³-hybridized carbons (Fsp3) is 0.531. The van der Waals surface area contributed by atoms with Crippen LogP contribution in [0.1, 0.15) is 52.7 Å². The van der Waals surface area contributed by atoms with Crippen LogP contribution < -0.4 is 20.7 Å². The predicted molar refractivity (Wildman–Crippen MR) is 167 cm³/mol. The molecule has 0 bridgehead atoms. The number of ether oxygens (including phenoxy) is 1. The van der Waals surface area contributed by atoms with Crippen molar-refractivity contribution in [2.45, 2.75) is 77.5 Å². The second-order valence-electron chi connectivity index (χ2n) is 12.7. The lowest BCUT2D eigenvalue weighted by Gasteiger charge is -2.34. The number of rotatable bonds is 14. The molecule has 1 aliphatic rings. The molecule has 3 amide bonds. The quantitative estimate of drug-likeness (QED) is 0.249. The Bertz CT molecular complexity index is 1410. The largest absolute Gasteiger partial charge is 0.493 e. The molecule has 12 heteroatoms. The highest BCUT2D eigenvalue weighted by Crippen LogP contribution is 2.29. The van der Waals surface area contributed by atoms with Crippen molar-refractivity contribution in [3.05, 3.63) is 59.7 Å². The van der Waals surface area contributed by atoms with Gasteiger partial charge in [0.25, 0.3) is 0 Å². The molecule has 0 radical (unpaired) electrons. The van der Waals surface area contributed by atoms with Crippen LogP contribution in [0.15, 0.2) is 53.4 Å². The van der Waals surface area contributed by atoms with E-state index in [9.17, 15) is 27.9 Å². The van der Waals surface area contributed by atoms with Gasteiger partial charge in [-0.2, -0.15) is 4.31 Å². The van der Waals surface area contributed by atoms with E-state index in [1.165, 1.54) is 17.3 Å². The predicted octanol–water partition coefficient (Wildman–Crippen LogP) is 2.02. The highest BCUT2D eigenvalue weighted by atomic mass is 32.2. The van der Waals surface area contributed by atoms with E-state index < -0.39 is 45.4 Å². The van der Waals surface area contributed by atoms with Crippen LogP contribution in [0.4, 0.5) is 0 Å². The molecule has 3 rings (SSSR count). The normalized spacial score (nSPS) is 15.2. The number of benzene rings is 2. The number of carbonyl (C=O) groups is 3. The van der Waals surface area contributed by atoms with Gasteiger partial charge in [-0.25, -0.2) is 8.42 Å². The van der Waals surface area contributed by atoms with Gasteiger partial charge in [0.2, 0.25) is 27.7 Å². The van der Waals surface area contributed by atoms with Gasteiger partial charge < -0.3 is 25.8 Å². The van der Waals surface area contributed by atoms with E-state index >= 15 is 0 Å². The first-order valence-electron chi connectivity index (χ1n) is 14.9. The monoisotopic (exact) mass is 630 g/mol. The van der Waals surface area contributed by atoms with Crippen molar-refractivity contribution in [2.24, 2.45) is 11.3 Å². The summed E-state index contributed by atoms with van der Waals surface area (Å²) in [6, 6.07) is 12.2. The highest BCUT2D eigenvalue weighted by molar-refractivity contribution is 7.89. The lowest BCUT2D eigenvalue weighted by atomic mass is 9.85. The van der Waals surface area contributed by atoms with Gasteiger partial charge >= 0.3 is 0 Å². The van der Waals surface area contributed by atoms with Crippen molar-refractivity contribution in [2.75, 3.05) is 26.2 Å². The molecular weight excluding hydrogens is 584 g/mol. The molecule has 3 unspecified atom stereocenters. The Morgan fingerprint density at radius 3 is 2.32 bits per heavy atom. The molecule has 0 spiro atoms. The summed E-state index contributed by atoms with van der Waals surface area (Å²) in [5.41, 5.74) is 0.928. The molecule has 3 atom stereocenters. The van der Waals surface area contributed by atoms with Crippen molar-refractivity contribution in [3.63, 3.8) is 0 Å². The number of hydrogen-bond acceptors (Lipinski definition) is 7. The average Bonchev–Trinajstić information content (AvgIpc) is 3.42. The topological polar surface area (TPSA) is 154 Å². The Morgan fingerprint density at radius 2 is 1.70 bits per heavy atom. The van der Waals surface area contributed by atoms with E-state index in [1.807, 2.05) is 44.2 Å². The van der Waals surface area contributed by atoms with E-state index in [4.69, 9.17) is 4.74 Å². The Balaban J connectivity index is 1.89. The zero-order chi connectivity index (χ0) is 32.7. The SMILES string of the molecule is CC(=O)NCC(=O)NC(C(=O)NC(Cc1ccccc1)C(O)CN(CC(C)C)S(=O)(=O)c1ccc2c(c1)CCO2)C(C)(C)C. The maximum absolute atomic E-state index is 13.9. The molecule has 0 saturated carbocycles. The Hall–Kier alpha value is -3.48. The number of carbonyl (C=O) groups excluding carboxylic acids is 3. The molecule has 1 aliphatic heterocycles. The van der Waals surface area contributed by atoms with Crippen molar-refractivity contribution in [1.29, 1.82) is 0 Å². The lowest BCUT2D eigenvalue weighted by molar-refractivity contribution is -0.132. The third kappa shape index (κ3) is 9.76. The van der Waals surface area contributed by atoms with Gasteiger partial charge in [-0.05, 0) is 47.1 Å². The zero-order valence-corrected chi connectivity index (χ0v) is 27.2. The number of sulfonamides is 1. The minimum absolute atomic E-state index is 0.0407. The molecule has 0 aromatic heterocycles. The van der Waals surface area contributed by atoms with Crippen molar-refractivity contribution < 1.29 is 32.6 Å². The van der Waals surface area contributed by atoms with Crippen LogP contribution in [-0.4, -0.2) is 80.0 Å². The number of hydrogen-bond donors (Lipinski definition) is 4. The number of fused-ring (bicyclic) bond motifs is 1. The first-order valence-corrected chi connectivity index (χ1v) is 16.3. The molecule has 11 nitrogen and oxygen atoms in total. The summed E-state index contributed by atoms with van der Waals surface area (Å²) in [6.07, 6.45) is -0.454. The van der Waals surface area contributed by atoms with Crippen molar-refractivity contribution in [1.82, 2.24) is 20.3 Å². The molecule has 0 fully saturated rings. The van der Waals surface area contributed by atoms with E-state index in [0.29, 0.717) is 18.8 Å². The van der Waals surface area contributed by atoms with Crippen molar-refractivity contribution >= 4 is 27.7 Å². The summed E-state index contributed by atoms with van der Waals surface area (Å²) in [5, 5.41) is 19.6.